The van der Waals surface area contributed by atoms with Crippen LogP contribution in [0.5, 0.6) is 5.75 Å². The van der Waals surface area contributed by atoms with Crippen LogP contribution in [0.25, 0.3) is 0 Å². The van der Waals surface area contributed by atoms with Gasteiger partial charge >= 0.3 is 0 Å². The molecule has 0 unspecified atom stereocenters. The fourth-order valence-corrected chi connectivity index (χ4v) is 1.85. The van der Waals surface area contributed by atoms with Gasteiger partial charge in [0.05, 0.1) is 12.3 Å². The van der Waals surface area contributed by atoms with Gasteiger partial charge in [-0.3, -0.25) is 4.99 Å². The molecule has 0 amide bonds. The van der Waals surface area contributed by atoms with E-state index in [0.29, 0.717) is 6.61 Å². The third-order valence-corrected chi connectivity index (χ3v) is 3.10. The van der Waals surface area contributed by atoms with Gasteiger partial charge in [-0.1, -0.05) is 0 Å². The molecule has 0 atom stereocenters. The molecule has 3 heteroatoms. The number of halogens is 1. The largest absolute Gasteiger partial charge is 0.494 e. The van der Waals surface area contributed by atoms with Crippen LogP contribution in [0, 0.1) is 3.57 Å². The van der Waals surface area contributed by atoms with Gasteiger partial charge in [-0.15, -0.1) is 0 Å². The summed E-state index contributed by atoms with van der Waals surface area (Å²) in [6.45, 7) is 2.67. The summed E-state index contributed by atoms with van der Waals surface area (Å²) in [4.78, 5) is 4.42. The van der Waals surface area contributed by atoms with Crippen molar-refractivity contribution in [1.29, 1.82) is 0 Å². The molecule has 2 nitrogen and oxygen atoms in total. The van der Waals surface area contributed by atoms with Gasteiger partial charge in [-0.25, -0.2) is 0 Å². The lowest BCUT2D eigenvalue weighted by Gasteiger charge is -2.02. The van der Waals surface area contributed by atoms with Crippen molar-refractivity contribution in [2.24, 2.45) is 4.99 Å². The average molecular weight is 351 g/mol. The summed E-state index contributed by atoms with van der Waals surface area (Å²) < 4.78 is 6.61. The van der Waals surface area contributed by atoms with Gasteiger partial charge in [0, 0.05) is 9.78 Å². The zero-order valence-corrected chi connectivity index (χ0v) is 12.3. The summed E-state index contributed by atoms with van der Waals surface area (Å²) in [6.07, 6.45) is 1.86. The smallest absolute Gasteiger partial charge is 0.119 e. The second kappa shape index (κ2) is 6.54. The third-order valence-electron chi connectivity index (χ3n) is 2.38. The Balaban J connectivity index is 2.06. The third kappa shape index (κ3) is 3.84. The highest BCUT2D eigenvalue weighted by molar-refractivity contribution is 14.1. The topological polar surface area (TPSA) is 21.6 Å². The second-order valence-electron chi connectivity index (χ2n) is 3.74. The number of ether oxygens (including phenoxy) is 1. The molecule has 0 N–H and O–H groups in total. The van der Waals surface area contributed by atoms with Crippen LogP contribution >= 0.6 is 22.6 Å². The molecule has 0 aliphatic rings. The Labute approximate surface area is 121 Å². The highest BCUT2D eigenvalue weighted by Crippen LogP contribution is 2.15. The fraction of sp³-hybridized carbons (Fsp3) is 0.133. The van der Waals surface area contributed by atoms with Crippen molar-refractivity contribution in [3.8, 4) is 5.75 Å². The van der Waals surface area contributed by atoms with Crippen LogP contribution in [0.1, 0.15) is 12.5 Å². The van der Waals surface area contributed by atoms with Crippen molar-refractivity contribution in [3.05, 3.63) is 57.7 Å². The Bertz CT molecular complexity index is 517. The quantitative estimate of drug-likeness (QED) is 0.590. The SMILES string of the molecule is CCOc1ccc(C=Nc2ccc(I)cc2)cc1. The van der Waals surface area contributed by atoms with Crippen molar-refractivity contribution in [1.82, 2.24) is 0 Å². The molecule has 0 aliphatic heterocycles. The molecule has 0 aliphatic carbocycles. The molecule has 0 saturated carbocycles. The number of benzene rings is 2. The van der Waals surface area contributed by atoms with Gasteiger partial charge in [0.2, 0.25) is 0 Å². The van der Waals surface area contributed by atoms with Gasteiger partial charge in [0.25, 0.3) is 0 Å². The molecule has 0 heterocycles. The molecule has 92 valence electrons. The van der Waals surface area contributed by atoms with Gasteiger partial charge in [0.1, 0.15) is 5.75 Å². The van der Waals surface area contributed by atoms with Gasteiger partial charge in [-0.05, 0) is 83.6 Å². The van der Waals surface area contributed by atoms with Gasteiger partial charge in [0.15, 0.2) is 0 Å². The maximum atomic E-state index is 5.39. The van der Waals surface area contributed by atoms with E-state index in [4.69, 9.17) is 4.74 Å². The molecule has 0 radical (unpaired) electrons. The fourth-order valence-electron chi connectivity index (χ4n) is 1.49. The molecule has 2 aromatic rings. The van der Waals surface area contributed by atoms with Gasteiger partial charge in [-0.2, -0.15) is 0 Å². The van der Waals surface area contributed by atoms with E-state index in [1.807, 2.05) is 61.7 Å². The van der Waals surface area contributed by atoms with E-state index in [1.165, 1.54) is 3.57 Å². The highest BCUT2D eigenvalue weighted by atomic mass is 127. The predicted molar refractivity (Wildman–Crippen MR) is 84.0 cm³/mol. The van der Waals surface area contributed by atoms with E-state index in [0.717, 1.165) is 17.0 Å². The number of hydrogen-bond donors (Lipinski definition) is 0. The maximum Gasteiger partial charge on any atom is 0.119 e. The first-order valence-electron chi connectivity index (χ1n) is 5.80. The maximum absolute atomic E-state index is 5.39. The average Bonchev–Trinajstić information content (AvgIpc) is 2.40. The Morgan fingerprint density at radius 1 is 1.06 bits per heavy atom. The number of aliphatic imine (C=N–C) groups is 1. The number of rotatable bonds is 4. The molecular weight excluding hydrogens is 337 g/mol. The first-order valence-corrected chi connectivity index (χ1v) is 6.88. The first kappa shape index (κ1) is 13.1. The van der Waals surface area contributed by atoms with E-state index in [2.05, 4.69) is 27.6 Å². The molecule has 2 aromatic carbocycles. The molecule has 2 rings (SSSR count). The minimum absolute atomic E-state index is 0.691. The normalized spacial score (nSPS) is 10.8. The Hall–Kier alpha value is -1.36. The van der Waals surface area contributed by atoms with Crippen molar-refractivity contribution in [2.75, 3.05) is 6.61 Å². The van der Waals surface area contributed by atoms with Crippen LogP contribution in [0.3, 0.4) is 0 Å². The second-order valence-corrected chi connectivity index (χ2v) is 4.98. The van der Waals surface area contributed by atoms with Crippen molar-refractivity contribution in [3.63, 3.8) is 0 Å². The predicted octanol–water partition coefficient (Wildman–Crippen LogP) is 4.44. The summed E-state index contributed by atoms with van der Waals surface area (Å²) in [5.41, 5.74) is 2.03. The minimum atomic E-state index is 0.691. The molecule has 0 saturated heterocycles. The lowest BCUT2D eigenvalue weighted by molar-refractivity contribution is 0.340. The minimum Gasteiger partial charge on any atom is -0.494 e. The molecule has 0 bridgehead atoms. The van der Waals surface area contributed by atoms with E-state index >= 15 is 0 Å². The molecule has 0 spiro atoms. The van der Waals surface area contributed by atoms with Gasteiger partial charge < -0.3 is 4.74 Å². The van der Waals surface area contributed by atoms with Crippen LogP contribution in [0.2, 0.25) is 0 Å². The van der Waals surface area contributed by atoms with Crippen LogP contribution in [0.15, 0.2) is 53.5 Å². The standard InChI is InChI=1S/C15H14INO/c1-2-18-15-9-3-12(4-10-15)11-17-14-7-5-13(16)6-8-14/h3-11H,2H2,1H3. The summed E-state index contributed by atoms with van der Waals surface area (Å²) >= 11 is 2.28. The molecular formula is C15H14INO. The Kier molecular flexibility index (Phi) is 4.75. The zero-order valence-electron chi connectivity index (χ0n) is 10.1. The molecule has 0 fully saturated rings. The van der Waals surface area contributed by atoms with Crippen LogP contribution in [-0.4, -0.2) is 12.8 Å². The first-order chi connectivity index (χ1) is 8.78. The molecule has 18 heavy (non-hydrogen) atoms. The van der Waals surface area contributed by atoms with E-state index in [1.54, 1.807) is 0 Å². The van der Waals surface area contributed by atoms with Crippen molar-refractivity contribution >= 4 is 34.5 Å². The summed E-state index contributed by atoms with van der Waals surface area (Å²) in [6, 6.07) is 16.0. The highest BCUT2D eigenvalue weighted by Gasteiger charge is 1.93. The Morgan fingerprint density at radius 2 is 1.72 bits per heavy atom. The lowest BCUT2D eigenvalue weighted by Crippen LogP contribution is -1.91. The Morgan fingerprint density at radius 3 is 2.33 bits per heavy atom. The number of hydrogen-bond acceptors (Lipinski definition) is 2. The van der Waals surface area contributed by atoms with E-state index in [9.17, 15) is 0 Å². The summed E-state index contributed by atoms with van der Waals surface area (Å²) in [5, 5.41) is 0. The van der Waals surface area contributed by atoms with E-state index < -0.39 is 0 Å². The van der Waals surface area contributed by atoms with Crippen molar-refractivity contribution < 1.29 is 4.74 Å². The van der Waals surface area contributed by atoms with Crippen LogP contribution in [0.4, 0.5) is 5.69 Å². The lowest BCUT2D eigenvalue weighted by atomic mass is 10.2. The van der Waals surface area contributed by atoms with Crippen LogP contribution in [-0.2, 0) is 0 Å². The summed E-state index contributed by atoms with van der Waals surface area (Å²) in [7, 11) is 0. The van der Waals surface area contributed by atoms with Crippen molar-refractivity contribution in [2.45, 2.75) is 6.92 Å². The monoisotopic (exact) mass is 351 g/mol. The number of nitrogens with zero attached hydrogens (tertiary/aromatic N) is 1. The zero-order chi connectivity index (χ0) is 12.8. The van der Waals surface area contributed by atoms with Crippen LogP contribution < -0.4 is 4.74 Å². The molecule has 0 aromatic heterocycles. The summed E-state index contributed by atoms with van der Waals surface area (Å²) in [5.74, 6) is 0.893. The van der Waals surface area contributed by atoms with E-state index in [-0.39, 0.29) is 0 Å².